The molecule has 0 radical (unpaired) electrons. The predicted molar refractivity (Wildman–Crippen MR) is 119 cm³/mol. The number of ether oxygens (including phenoxy) is 1. The van der Waals surface area contributed by atoms with Gasteiger partial charge in [0.1, 0.15) is 6.61 Å². The molecule has 0 heterocycles. The van der Waals surface area contributed by atoms with E-state index < -0.39 is 5.41 Å². The molecule has 158 valence electrons. The Morgan fingerprint density at radius 2 is 1.83 bits per heavy atom. The van der Waals surface area contributed by atoms with Crippen molar-refractivity contribution >= 4 is 23.0 Å². The first-order valence-electron chi connectivity index (χ1n) is 10.3. The summed E-state index contributed by atoms with van der Waals surface area (Å²) in [6, 6.07) is 15.1. The molecule has 0 N–H and O–H groups in total. The van der Waals surface area contributed by atoms with Gasteiger partial charge < -0.3 is 9.64 Å². The molecule has 0 aliphatic rings. The first kappa shape index (κ1) is 23.1. The standard InChI is InChI=1S/C24H30N4O2/c1-6-24(4,5)23(29)30-15-14-28(7-2)21-12-13-22(18(3)16-21)27-26-20-10-8-19(17-25)9-11-20/h8-13,16H,6-7,14-15H2,1-5H3/b27-26+. The van der Waals surface area contributed by atoms with Gasteiger partial charge in [-0.05, 0) is 82.1 Å². The molecule has 0 amide bonds. The lowest BCUT2D eigenvalue weighted by Gasteiger charge is -2.25. The number of carbonyl (C=O) groups excluding carboxylic acids is 1. The van der Waals surface area contributed by atoms with Crippen molar-refractivity contribution in [3.05, 3.63) is 53.6 Å². The number of azo groups is 1. The molecule has 0 saturated heterocycles. The Balaban J connectivity index is 2.02. The SMILES string of the molecule is CCN(CCOC(=O)C(C)(C)CC)c1ccc(/N=N/c2ccc(C#N)cc2)c(C)c1. The number of aryl methyl sites for hydroxylation is 1. The Labute approximate surface area is 179 Å². The summed E-state index contributed by atoms with van der Waals surface area (Å²) in [6.07, 6.45) is 0.751. The summed E-state index contributed by atoms with van der Waals surface area (Å²) >= 11 is 0. The molecular weight excluding hydrogens is 376 g/mol. The zero-order chi connectivity index (χ0) is 22.1. The van der Waals surface area contributed by atoms with Crippen molar-refractivity contribution in [1.82, 2.24) is 0 Å². The molecule has 0 atom stereocenters. The van der Waals surface area contributed by atoms with Crippen LogP contribution in [0.5, 0.6) is 0 Å². The van der Waals surface area contributed by atoms with Gasteiger partial charge in [0.25, 0.3) is 0 Å². The Morgan fingerprint density at radius 3 is 2.40 bits per heavy atom. The highest BCUT2D eigenvalue weighted by Crippen LogP contribution is 2.27. The number of benzene rings is 2. The third-order valence-electron chi connectivity index (χ3n) is 5.23. The number of esters is 1. The highest BCUT2D eigenvalue weighted by Gasteiger charge is 2.27. The molecule has 6 heteroatoms. The minimum atomic E-state index is -0.449. The molecule has 0 aliphatic heterocycles. The number of carbonyl (C=O) groups is 1. The summed E-state index contributed by atoms with van der Waals surface area (Å²) in [5.41, 5.74) is 3.69. The van der Waals surface area contributed by atoms with Crippen LogP contribution in [0.2, 0.25) is 0 Å². The molecule has 0 aliphatic carbocycles. The number of likely N-dealkylation sites (N-methyl/N-ethyl adjacent to an activating group) is 1. The molecule has 2 aromatic carbocycles. The van der Waals surface area contributed by atoms with Gasteiger partial charge in [-0.15, -0.1) is 0 Å². The Hall–Kier alpha value is -3.20. The molecule has 2 rings (SSSR count). The van der Waals surface area contributed by atoms with Crippen LogP contribution in [0.25, 0.3) is 0 Å². The fourth-order valence-electron chi connectivity index (χ4n) is 2.72. The Kier molecular flexibility index (Phi) is 8.11. The van der Waals surface area contributed by atoms with E-state index in [9.17, 15) is 4.79 Å². The number of nitrogens with zero attached hydrogens (tertiary/aromatic N) is 4. The molecule has 0 unspecified atom stereocenters. The first-order chi connectivity index (χ1) is 14.3. The van der Waals surface area contributed by atoms with Gasteiger partial charge in [-0.1, -0.05) is 6.92 Å². The van der Waals surface area contributed by atoms with Crippen LogP contribution in [-0.4, -0.2) is 25.7 Å². The largest absolute Gasteiger partial charge is 0.463 e. The van der Waals surface area contributed by atoms with E-state index >= 15 is 0 Å². The lowest BCUT2D eigenvalue weighted by molar-refractivity contribution is -0.153. The fraction of sp³-hybridized carbons (Fsp3) is 0.417. The summed E-state index contributed by atoms with van der Waals surface area (Å²) < 4.78 is 5.48. The number of nitriles is 1. The second-order valence-electron chi connectivity index (χ2n) is 7.78. The summed E-state index contributed by atoms with van der Waals surface area (Å²) in [6.45, 7) is 11.7. The molecule has 0 aromatic heterocycles. The molecule has 0 fully saturated rings. The minimum absolute atomic E-state index is 0.157. The number of anilines is 1. The maximum Gasteiger partial charge on any atom is 0.311 e. The lowest BCUT2D eigenvalue weighted by Crippen LogP contribution is -2.31. The average Bonchev–Trinajstić information content (AvgIpc) is 2.76. The van der Waals surface area contributed by atoms with Crippen molar-refractivity contribution in [2.24, 2.45) is 15.6 Å². The molecule has 2 aromatic rings. The summed E-state index contributed by atoms with van der Waals surface area (Å²) in [4.78, 5) is 14.3. The van der Waals surface area contributed by atoms with Crippen LogP contribution in [0.15, 0.2) is 52.7 Å². The fourth-order valence-corrected chi connectivity index (χ4v) is 2.72. The smallest absolute Gasteiger partial charge is 0.311 e. The maximum atomic E-state index is 12.1. The van der Waals surface area contributed by atoms with Crippen LogP contribution >= 0.6 is 0 Å². The van der Waals surface area contributed by atoms with Gasteiger partial charge in [0.15, 0.2) is 0 Å². The molecule has 0 saturated carbocycles. The molecule has 0 bridgehead atoms. The first-order valence-corrected chi connectivity index (χ1v) is 10.3. The second kappa shape index (κ2) is 10.5. The zero-order valence-electron chi connectivity index (χ0n) is 18.5. The molecule has 6 nitrogen and oxygen atoms in total. The maximum absolute atomic E-state index is 12.1. The van der Waals surface area contributed by atoms with Crippen molar-refractivity contribution in [3.8, 4) is 6.07 Å². The quantitative estimate of drug-likeness (QED) is 0.373. The van der Waals surface area contributed by atoms with E-state index in [-0.39, 0.29) is 5.97 Å². The van der Waals surface area contributed by atoms with Crippen molar-refractivity contribution in [3.63, 3.8) is 0 Å². The van der Waals surface area contributed by atoms with Crippen LogP contribution < -0.4 is 4.90 Å². The minimum Gasteiger partial charge on any atom is -0.463 e. The van der Waals surface area contributed by atoms with E-state index in [1.807, 2.05) is 39.8 Å². The number of hydrogen-bond donors (Lipinski definition) is 0. The zero-order valence-corrected chi connectivity index (χ0v) is 18.5. The van der Waals surface area contributed by atoms with Gasteiger partial charge >= 0.3 is 5.97 Å². The summed E-state index contributed by atoms with van der Waals surface area (Å²) in [5, 5.41) is 17.4. The summed E-state index contributed by atoms with van der Waals surface area (Å²) in [7, 11) is 0. The van der Waals surface area contributed by atoms with E-state index in [0.717, 1.165) is 29.9 Å². The van der Waals surface area contributed by atoms with E-state index in [0.29, 0.717) is 24.4 Å². The Morgan fingerprint density at radius 1 is 1.13 bits per heavy atom. The highest BCUT2D eigenvalue weighted by atomic mass is 16.5. The molecular formula is C24H30N4O2. The normalized spacial score (nSPS) is 11.3. The van der Waals surface area contributed by atoms with E-state index in [1.54, 1.807) is 24.3 Å². The van der Waals surface area contributed by atoms with Crippen LogP contribution in [0.4, 0.5) is 17.1 Å². The van der Waals surface area contributed by atoms with E-state index in [1.165, 1.54) is 0 Å². The molecule has 30 heavy (non-hydrogen) atoms. The van der Waals surface area contributed by atoms with Gasteiger partial charge in [0.2, 0.25) is 0 Å². The summed E-state index contributed by atoms with van der Waals surface area (Å²) in [5.74, 6) is -0.157. The van der Waals surface area contributed by atoms with Crippen molar-refractivity contribution in [1.29, 1.82) is 5.26 Å². The van der Waals surface area contributed by atoms with E-state index in [4.69, 9.17) is 10.00 Å². The van der Waals surface area contributed by atoms with Crippen molar-refractivity contribution in [2.75, 3.05) is 24.6 Å². The number of hydrogen-bond acceptors (Lipinski definition) is 6. The van der Waals surface area contributed by atoms with Crippen LogP contribution in [0.1, 0.15) is 45.2 Å². The second-order valence-corrected chi connectivity index (χ2v) is 7.78. The van der Waals surface area contributed by atoms with E-state index in [2.05, 4.69) is 34.2 Å². The van der Waals surface area contributed by atoms with Crippen LogP contribution in [0.3, 0.4) is 0 Å². The number of rotatable bonds is 9. The van der Waals surface area contributed by atoms with Crippen LogP contribution in [-0.2, 0) is 9.53 Å². The van der Waals surface area contributed by atoms with Gasteiger partial charge in [0, 0.05) is 12.2 Å². The Bertz CT molecular complexity index is 927. The highest BCUT2D eigenvalue weighted by molar-refractivity contribution is 5.75. The lowest BCUT2D eigenvalue weighted by atomic mass is 9.91. The van der Waals surface area contributed by atoms with Crippen molar-refractivity contribution in [2.45, 2.75) is 41.0 Å². The topological polar surface area (TPSA) is 78.0 Å². The predicted octanol–water partition coefficient (Wildman–Crippen LogP) is 6.09. The average molecular weight is 407 g/mol. The van der Waals surface area contributed by atoms with Crippen LogP contribution in [0, 0.1) is 23.7 Å². The van der Waals surface area contributed by atoms with Gasteiger partial charge in [-0.25, -0.2) is 0 Å². The van der Waals surface area contributed by atoms with Gasteiger partial charge in [0.05, 0.1) is 35.0 Å². The van der Waals surface area contributed by atoms with Crippen molar-refractivity contribution < 1.29 is 9.53 Å². The monoisotopic (exact) mass is 406 g/mol. The third kappa shape index (κ3) is 6.15. The third-order valence-corrected chi connectivity index (χ3v) is 5.23. The van der Waals surface area contributed by atoms with Gasteiger partial charge in [-0.3, -0.25) is 4.79 Å². The molecule has 0 spiro atoms. The van der Waals surface area contributed by atoms with Gasteiger partial charge in [-0.2, -0.15) is 15.5 Å².